The number of halogens is 1. The number of carboxylic acids is 1. The van der Waals surface area contributed by atoms with Crippen molar-refractivity contribution in [2.45, 2.75) is 9.79 Å². The van der Waals surface area contributed by atoms with Crippen LogP contribution >= 0.6 is 34.4 Å². The lowest BCUT2D eigenvalue weighted by Crippen LogP contribution is -1.98. The quantitative estimate of drug-likeness (QED) is 0.475. The minimum atomic E-state index is -0.995. The van der Waals surface area contributed by atoms with Gasteiger partial charge in [-0.15, -0.1) is 0 Å². The minimum absolute atomic E-state index is 0.0188. The van der Waals surface area contributed by atoms with Crippen molar-refractivity contribution in [3.05, 3.63) is 61.7 Å². The van der Waals surface area contributed by atoms with E-state index in [9.17, 15) is 14.9 Å². The van der Waals surface area contributed by atoms with E-state index in [0.29, 0.717) is 8.47 Å². The van der Waals surface area contributed by atoms with Crippen molar-refractivity contribution in [3.63, 3.8) is 0 Å². The molecule has 0 spiro atoms. The molecule has 0 aliphatic carbocycles. The summed E-state index contributed by atoms with van der Waals surface area (Å²) in [5, 5.41) is 19.8. The van der Waals surface area contributed by atoms with E-state index in [1.165, 1.54) is 30.0 Å². The van der Waals surface area contributed by atoms with Crippen LogP contribution in [0.15, 0.2) is 52.3 Å². The van der Waals surface area contributed by atoms with Crippen molar-refractivity contribution in [2.24, 2.45) is 0 Å². The van der Waals surface area contributed by atoms with Crippen LogP contribution in [0.25, 0.3) is 0 Å². The summed E-state index contributed by atoms with van der Waals surface area (Å²) in [7, 11) is 0. The third-order valence-electron chi connectivity index (χ3n) is 2.46. The first kappa shape index (κ1) is 14.8. The number of carboxylic acid groups (broad SMARTS) is 1. The first-order chi connectivity index (χ1) is 9.49. The molecule has 2 aromatic carbocycles. The molecule has 0 saturated carbocycles. The van der Waals surface area contributed by atoms with Crippen molar-refractivity contribution < 1.29 is 14.8 Å². The maximum Gasteiger partial charge on any atom is 0.336 e. The van der Waals surface area contributed by atoms with Crippen LogP contribution in [0.1, 0.15) is 10.4 Å². The lowest BCUT2D eigenvalue weighted by molar-refractivity contribution is -0.385. The summed E-state index contributed by atoms with van der Waals surface area (Å²) in [5.74, 6) is -0.995. The average Bonchev–Trinajstić information content (AvgIpc) is 2.41. The van der Waals surface area contributed by atoms with Gasteiger partial charge >= 0.3 is 5.97 Å². The lowest BCUT2D eigenvalue weighted by Gasteiger charge is -2.07. The second kappa shape index (κ2) is 6.23. The van der Waals surface area contributed by atoms with Gasteiger partial charge in [0.05, 0.1) is 10.5 Å². The highest BCUT2D eigenvalue weighted by Crippen LogP contribution is 2.35. The van der Waals surface area contributed by atoms with Gasteiger partial charge in [0, 0.05) is 25.5 Å². The number of nitro benzene ring substituents is 1. The number of aromatic carboxylic acids is 1. The van der Waals surface area contributed by atoms with E-state index in [0.717, 1.165) is 4.90 Å². The maximum atomic E-state index is 11.1. The smallest absolute Gasteiger partial charge is 0.336 e. The van der Waals surface area contributed by atoms with Gasteiger partial charge in [0.2, 0.25) is 0 Å². The maximum absolute atomic E-state index is 11.1. The normalized spacial score (nSPS) is 10.2. The molecule has 20 heavy (non-hydrogen) atoms. The highest BCUT2D eigenvalue weighted by Gasteiger charge is 2.14. The van der Waals surface area contributed by atoms with Gasteiger partial charge < -0.3 is 5.11 Å². The van der Waals surface area contributed by atoms with E-state index in [2.05, 4.69) is 0 Å². The van der Waals surface area contributed by atoms with Crippen LogP contribution in [-0.4, -0.2) is 16.0 Å². The zero-order chi connectivity index (χ0) is 14.7. The van der Waals surface area contributed by atoms with Gasteiger partial charge in [-0.1, -0.05) is 23.9 Å². The third-order valence-corrected chi connectivity index (χ3v) is 4.87. The fraction of sp³-hybridized carbons (Fsp3) is 0. The SMILES string of the molecule is O=C(O)c1ccccc1Sc1ccc([N+](=O)[O-])cc1I. The van der Waals surface area contributed by atoms with Gasteiger partial charge in [-0.05, 0) is 40.8 Å². The standard InChI is InChI=1S/C13H8INO4S/c14-10-7-8(15(18)19)5-6-12(10)20-11-4-2-1-3-9(11)13(16)17/h1-7H,(H,16,17). The molecule has 0 aromatic heterocycles. The number of rotatable bonds is 4. The average molecular weight is 401 g/mol. The minimum Gasteiger partial charge on any atom is -0.478 e. The van der Waals surface area contributed by atoms with E-state index in [-0.39, 0.29) is 11.3 Å². The number of carbonyl (C=O) groups is 1. The van der Waals surface area contributed by atoms with Crippen LogP contribution in [0.3, 0.4) is 0 Å². The number of hydrogen-bond acceptors (Lipinski definition) is 4. The molecule has 1 N–H and O–H groups in total. The van der Waals surface area contributed by atoms with Crippen molar-refractivity contribution in [1.29, 1.82) is 0 Å². The molecule has 0 aliphatic heterocycles. The third kappa shape index (κ3) is 3.28. The van der Waals surface area contributed by atoms with Crippen LogP contribution in [0, 0.1) is 13.7 Å². The van der Waals surface area contributed by atoms with Crippen LogP contribution in [0.4, 0.5) is 5.69 Å². The van der Waals surface area contributed by atoms with Crippen LogP contribution in [-0.2, 0) is 0 Å². The summed E-state index contributed by atoms with van der Waals surface area (Å²) < 4.78 is 0.710. The summed E-state index contributed by atoms with van der Waals surface area (Å²) in [4.78, 5) is 22.7. The molecule has 5 nitrogen and oxygen atoms in total. The predicted octanol–water partition coefficient (Wildman–Crippen LogP) is 4.05. The fourth-order valence-electron chi connectivity index (χ4n) is 1.54. The molecule has 0 radical (unpaired) electrons. The molecule has 0 heterocycles. The molecular weight excluding hydrogens is 393 g/mol. The Morgan fingerprint density at radius 1 is 1.20 bits per heavy atom. The Hall–Kier alpha value is -1.61. The summed E-state index contributed by atoms with van der Waals surface area (Å²) in [6.07, 6.45) is 0. The Balaban J connectivity index is 2.36. The predicted molar refractivity (Wildman–Crippen MR) is 83.3 cm³/mol. The monoisotopic (exact) mass is 401 g/mol. The fourth-order valence-corrected chi connectivity index (χ4v) is 3.31. The largest absolute Gasteiger partial charge is 0.478 e. The molecule has 7 heteroatoms. The molecule has 0 bridgehead atoms. The van der Waals surface area contributed by atoms with Gasteiger partial charge in [0.25, 0.3) is 5.69 Å². The Labute approximate surface area is 132 Å². The molecule has 0 saturated heterocycles. The number of hydrogen-bond donors (Lipinski definition) is 1. The summed E-state index contributed by atoms with van der Waals surface area (Å²) in [5.41, 5.74) is 0.233. The van der Waals surface area contributed by atoms with Gasteiger partial charge in [-0.25, -0.2) is 4.79 Å². The molecule has 2 aromatic rings. The highest BCUT2D eigenvalue weighted by atomic mass is 127. The van der Waals surface area contributed by atoms with Crippen molar-refractivity contribution >= 4 is 46.0 Å². The second-order valence-corrected chi connectivity index (χ2v) is 6.02. The molecule has 0 fully saturated rings. The molecule has 0 atom stereocenters. The highest BCUT2D eigenvalue weighted by molar-refractivity contribution is 14.1. The lowest BCUT2D eigenvalue weighted by atomic mass is 10.2. The number of nitrogens with zero attached hydrogens (tertiary/aromatic N) is 1. The van der Waals surface area contributed by atoms with E-state index in [1.807, 2.05) is 22.6 Å². The Bertz CT molecular complexity index is 690. The van der Waals surface area contributed by atoms with Crippen LogP contribution in [0.2, 0.25) is 0 Å². The van der Waals surface area contributed by atoms with E-state index >= 15 is 0 Å². The van der Waals surface area contributed by atoms with Gasteiger partial charge in [0.1, 0.15) is 0 Å². The second-order valence-electron chi connectivity index (χ2n) is 3.78. The van der Waals surface area contributed by atoms with Gasteiger partial charge in [-0.3, -0.25) is 10.1 Å². The van der Waals surface area contributed by atoms with Gasteiger partial charge in [0.15, 0.2) is 0 Å². The molecule has 2 rings (SSSR count). The Kier molecular flexibility index (Phi) is 4.61. The topological polar surface area (TPSA) is 80.4 Å². The first-order valence-electron chi connectivity index (χ1n) is 5.43. The number of benzene rings is 2. The Morgan fingerprint density at radius 3 is 2.50 bits per heavy atom. The molecule has 0 unspecified atom stereocenters. The van der Waals surface area contributed by atoms with Crippen LogP contribution < -0.4 is 0 Å². The number of non-ortho nitro benzene ring substituents is 1. The zero-order valence-corrected chi connectivity index (χ0v) is 12.9. The number of nitro groups is 1. The van der Waals surface area contributed by atoms with Crippen molar-refractivity contribution in [2.75, 3.05) is 0 Å². The van der Waals surface area contributed by atoms with E-state index in [1.54, 1.807) is 24.3 Å². The van der Waals surface area contributed by atoms with Crippen molar-refractivity contribution in [1.82, 2.24) is 0 Å². The Morgan fingerprint density at radius 2 is 1.90 bits per heavy atom. The van der Waals surface area contributed by atoms with Crippen molar-refractivity contribution in [3.8, 4) is 0 Å². The summed E-state index contributed by atoms with van der Waals surface area (Å²) >= 11 is 3.28. The van der Waals surface area contributed by atoms with E-state index in [4.69, 9.17) is 5.11 Å². The molecular formula is C13H8INO4S. The molecule has 0 aliphatic rings. The van der Waals surface area contributed by atoms with Crippen LogP contribution in [0.5, 0.6) is 0 Å². The zero-order valence-electron chi connectivity index (χ0n) is 9.95. The van der Waals surface area contributed by atoms with E-state index < -0.39 is 10.9 Å². The molecule has 102 valence electrons. The summed E-state index contributed by atoms with van der Waals surface area (Å²) in [6, 6.07) is 11.2. The summed E-state index contributed by atoms with van der Waals surface area (Å²) in [6.45, 7) is 0. The first-order valence-corrected chi connectivity index (χ1v) is 7.32. The van der Waals surface area contributed by atoms with Gasteiger partial charge in [-0.2, -0.15) is 0 Å². The molecule has 0 amide bonds.